The average Bonchev–Trinajstić information content (AvgIpc) is 3.01. The molecule has 2 fully saturated rings. The zero-order chi connectivity index (χ0) is 22.4. The Bertz CT molecular complexity index is 885. The van der Waals surface area contributed by atoms with E-state index in [1.54, 1.807) is 23.1 Å². The lowest BCUT2D eigenvalue weighted by Crippen LogP contribution is -2.46. The fraction of sp³-hybridized carbons (Fsp3) is 0.476. The number of thioether (sulfide) groups is 1. The largest absolute Gasteiger partial charge is 0.490 e. The van der Waals surface area contributed by atoms with Crippen LogP contribution in [0.5, 0.6) is 11.5 Å². The maximum Gasteiger partial charge on any atom is 0.294 e. The number of benzene rings is 1. The molecule has 2 saturated heterocycles. The number of hydrogen-bond donors (Lipinski definition) is 0. The molecule has 0 spiro atoms. The zero-order valence-electron chi connectivity index (χ0n) is 17.5. The molecule has 1 aromatic rings. The molecule has 1 aromatic carbocycles. The van der Waals surface area contributed by atoms with Gasteiger partial charge in [-0.25, -0.2) is 0 Å². The minimum Gasteiger partial charge on any atom is -0.490 e. The highest BCUT2D eigenvalue weighted by Gasteiger charge is 2.37. The third kappa shape index (κ3) is 5.81. The molecule has 3 amide bonds. The van der Waals surface area contributed by atoms with Gasteiger partial charge in [0.2, 0.25) is 5.91 Å². The Morgan fingerprint density at radius 3 is 2.65 bits per heavy atom. The van der Waals surface area contributed by atoms with Crippen LogP contribution in [0.25, 0.3) is 6.08 Å². The van der Waals surface area contributed by atoms with Crippen molar-refractivity contribution in [3.63, 3.8) is 0 Å². The maximum absolute atomic E-state index is 12.8. The molecule has 0 bridgehead atoms. The van der Waals surface area contributed by atoms with Crippen molar-refractivity contribution in [1.82, 2.24) is 9.80 Å². The van der Waals surface area contributed by atoms with Gasteiger partial charge in [-0.1, -0.05) is 6.92 Å². The highest BCUT2D eigenvalue weighted by atomic mass is 79.9. The summed E-state index contributed by atoms with van der Waals surface area (Å²) in [5.41, 5.74) is 0.684. The predicted molar refractivity (Wildman–Crippen MR) is 121 cm³/mol. The van der Waals surface area contributed by atoms with Gasteiger partial charge in [-0.05, 0) is 64.8 Å². The van der Waals surface area contributed by atoms with Gasteiger partial charge in [0.1, 0.15) is 6.54 Å². The lowest BCUT2D eigenvalue weighted by atomic mass is 10.2. The summed E-state index contributed by atoms with van der Waals surface area (Å²) in [6.07, 6.45) is 2.48. The van der Waals surface area contributed by atoms with E-state index in [9.17, 15) is 14.4 Å². The summed E-state index contributed by atoms with van der Waals surface area (Å²) in [7, 11) is 0. The van der Waals surface area contributed by atoms with Gasteiger partial charge >= 0.3 is 0 Å². The van der Waals surface area contributed by atoms with Crippen LogP contribution in [0.15, 0.2) is 21.5 Å². The number of ether oxygens (including phenoxy) is 3. The Morgan fingerprint density at radius 2 is 1.97 bits per heavy atom. The number of nitrogens with zero attached hydrogens (tertiary/aromatic N) is 2. The normalized spacial score (nSPS) is 18.1. The molecule has 0 aliphatic carbocycles. The Labute approximate surface area is 194 Å². The first-order valence-electron chi connectivity index (χ1n) is 10.1. The summed E-state index contributed by atoms with van der Waals surface area (Å²) in [6, 6.07) is 3.58. The van der Waals surface area contributed by atoms with Crippen molar-refractivity contribution in [2.45, 2.75) is 20.3 Å². The molecule has 8 nitrogen and oxygen atoms in total. The molecule has 0 saturated carbocycles. The molecule has 31 heavy (non-hydrogen) atoms. The minimum atomic E-state index is -0.475. The molecule has 0 radical (unpaired) electrons. The first-order valence-corrected chi connectivity index (χ1v) is 11.8. The molecule has 168 valence electrons. The third-order valence-corrected chi connectivity index (χ3v) is 6.11. The number of imide groups is 1. The standard InChI is InChI=1S/C21H25BrN2O6S/c1-3-7-30-19-15(22)10-14(11-16(19)29-4-2)12-17-20(26)24(21(27)31-17)13-18(25)23-5-8-28-9-6-23/h10-12H,3-9,13H2,1-2H3/b17-12-. The molecule has 2 heterocycles. The summed E-state index contributed by atoms with van der Waals surface area (Å²) in [5, 5.41) is -0.454. The van der Waals surface area contributed by atoms with E-state index in [4.69, 9.17) is 14.2 Å². The molecule has 0 aromatic heterocycles. The van der Waals surface area contributed by atoms with E-state index in [0.717, 1.165) is 23.1 Å². The topological polar surface area (TPSA) is 85.4 Å². The fourth-order valence-corrected chi connectivity index (χ4v) is 4.53. The van der Waals surface area contributed by atoms with Crippen LogP contribution < -0.4 is 9.47 Å². The van der Waals surface area contributed by atoms with E-state index in [2.05, 4.69) is 15.9 Å². The fourth-order valence-electron chi connectivity index (χ4n) is 3.11. The van der Waals surface area contributed by atoms with Crippen molar-refractivity contribution >= 4 is 50.8 Å². The molecule has 0 atom stereocenters. The molecule has 3 rings (SSSR count). The van der Waals surface area contributed by atoms with Crippen LogP contribution in [-0.2, 0) is 14.3 Å². The first kappa shape index (κ1) is 23.6. The van der Waals surface area contributed by atoms with Gasteiger partial charge in [0.15, 0.2) is 11.5 Å². The van der Waals surface area contributed by atoms with Crippen molar-refractivity contribution < 1.29 is 28.6 Å². The van der Waals surface area contributed by atoms with Crippen LogP contribution in [0.3, 0.4) is 0 Å². The van der Waals surface area contributed by atoms with E-state index < -0.39 is 11.1 Å². The van der Waals surface area contributed by atoms with Crippen molar-refractivity contribution in [3.8, 4) is 11.5 Å². The Morgan fingerprint density at radius 1 is 1.23 bits per heavy atom. The summed E-state index contributed by atoms with van der Waals surface area (Å²) in [6.45, 7) is 6.48. The predicted octanol–water partition coefficient (Wildman–Crippen LogP) is 3.53. The lowest BCUT2D eigenvalue weighted by molar-refractivity contribution is -0.139. The lowest BCUT2D eigenvalue weighted by Gasteiger charge is -2.28. The highest BCUT2D eigenvalue weighted by Crippen LogP contribution is 2.39. The van der Waals surface area contributed by atoms with Crippen molar-refractivity contribution in [3.05, 3.63) is 27.1 Å². The highest BCUT2D eigenvalue weighted by molar-refractivity contribution is 9.10. The SMILES string of the molecule is CCCOc1c(Br)cc(/C=C2\SC(=O)N(CC(=O)N3CCOCC3)C2=O)cc1OCC. The summed E-state index contributed by atoms with van der Waals surface area (Å²) in [5.74, 6) is 0.422. The van der Waals surface area contributed by atoms with Crippen LogP contribution in [0.2, 0.25) is 0 Å². The molecule has 0 N–H and O–H groups in total. The second kappa shape index (κ2) is 11.0. The minimum absolute atomic E-state index is 0.259. The van der Waals surface area contributed by atoms with Gasteiger partial charge in [-0.2, -0.15) is 0 Å². The van der Waals surface area contributed by atoms with Gasteiger partial charge in [0.25, 0.3) is 11.1 Å². The Balaban J connectivity index is 1.77. The van der Waals surface area contributed by atoms with Gasteiger partial charge < -0.3 is 19.1 Å². The number of carbonyl (C=O) groups excluding carboxylic acids is 3. The Kier molecular flexibility index (Phi) is 8.39. The van der Waals surface area contributed by atoms with Crippen molar-refractivity contribution in [2.75, 3.05) is 46.1 Å². The van der Waals surface area contributed by atoms with Gasteiger partial charge in [-0.15, -0.1) is 0 Å². The average molecular weight is 513 g/mol. The molecule has 2 aliphatic rings. The van der Waals surface area contributed by atoms with Crippen LogP contribution >= 0.6 is 27.7 Å². The van der Waals surface area contributed by atoms with E-state index in [-0.39, 0.29) is 17.4 Å². The van der Waals surface area contributed by atoms with Gasteiger partial charge in [0, 0.05) is 13.1 Å². The van der Waals surface area contributed by atoms with E-state index in [0.29, 0.717) is 61.1 Å². The monoisotopic (exact) mass is 512 g/mol. The second-order valence-electron chi connectivity index (χ2n) is 6.87. The molecule has 10 heteroatoms. The van der Waals surface area contributed by atoms with E-state index in [1.165, 1.54) is 0 Å². The third-order valence-electron chi connectivity index (χ3n) is 4.61. The number of halogens is 1. The molecule has 0 unspecified atom stereocenters. The smallest absolute Gasteiger partial charge is 0.294 e. The summed E-state index contributed by atoms with van der Waals surface area (Å²) < 4.78 is 17.4. The molecular weight excluding hydrogens is 488 g/mol. The van der Waals surface area contributed by atoms with Crippen LogP contribution in [-0.4, -0.2) is 72.9 Å². The number of carbonyl (C=O) groups is 3. The van der Waals surface area contributed by atoms with Gasteiger partial charge in [-0.3, -0.25) is 19.3 Å². The quantitative estimate of drug-likeness (QED) is 0.492. The second-order valence-corrected chi connectivity index (χ2v) is 8.72. The van der Waals surface area contributed by atoms with Crippen LogP contribution in [0.4, 0.5) is 4.79 Å². The van der Waals surface area contributed by atoms with Crippen molar-refractivity contribution in [1.29, 1.82) is 0 Å². The number of rotatable bonds is 8. The zero-order valence-corrected chi connectivity index (χ0v) is 19.9. The maximum atomic E-state index is 12.8. The van der Waals surface area contributed by atoms with E-state index >= 15 is 0 Å². The Hall–Kier alpha value is -2.04. The first-order chi connectivity index (χ1) is 14.9. The van der Waals surface area contributed by atoms with Gasteiger partial charge in [0.05, 0.1) is 35.8 Å². The van der Waals surface area contributed by atoms with Crippen LogP contribution in [0, 0.1) is 0 Å². The number of amides is 3. The van der Waals surface area contributed by atoms with Crippen LogP contribution in [0.1, 0.15) is 25.8 Å². The molecule has 2 aliphatic heterocycles. The summed E-state index contributed by atoms with van der Waals surface area (Å²) >= 11 is 4.32. The number of hydrogen-bond acceptors (Lipinski definition) is 7. The number of morpholine rings is 1. The molecular formula is C21H25BrN2O6S. The van der Waals surface area contributed by atoms with Crippen molar-refractivity contribution in [2.24, 2.45) is 0 Å². The summed E-state index contributed by atoms with van der Waals surface area (Å²) in [4.78, 5) is 40.5. The van der Waals surface area contributed by atoms with E-state index in [1.807, 2.05) is 13.8 Å².